The van der Waals surface area contributed by atoms with E-state index >= 15 is 0 Å². The molecule has 3 nitrogen and oxygen atoms in total. The summed E-state index contributed by atoms with van der Waals surface area (Å²) in [6, 6.07) is 0. The van der Waals surface area contributed by atoms with Crippen LogP contribution in [0.2, 0.25) is 0 Å². The first-order valence-electron chi connectivity index (χ1n) is 6.08. The van der Waals surface area contributed by atoms with Crippen LogP contribution < -0.4 is 10.6 Å². The molecule has 4 heteroatoms. The summed E-state index contributed by atoms with van der Waals surface area (Å²) in [6.45, 7) is 10.4. The number of rotatable bonds is 4. The molecule has 0 atom stereocenters. The molecule has 0 bridgehead atoms. The number of nitrogens with zero attached hydrogens (tertiary/aromatic N) is 1. The predicted molar refractivity (Wildman–Crippen MR) is 81.6 cm³/mol. The third-order valence-electron chi connectivity index (χ3n) is 2.34. The molecular weight excluding hydrogens is 313 g/mol. The van der Waals surface area contributed by atoms with Crippen LogP contribution in [-0.4, -0.2) is 24.6 Å². The van der Waals surface area contributed by atoms with Crippen molar-refractivity contribution in [3.63, 3.8) is 0 Å². The maximum Gasteiger partial charge on any atom is 0.191 e. The van der Waals surface area contributed by atoms with Crippen LogP contribution >= 0.6 is 24.0 Å². The fourth-order valence-corrected chi connectivity index (χ4v) is 1.43. The van der Waals surface area contributed by atoms with E-state index in [1.165, 1.54) is 19.3 Å². The Labute approximate surface area is 117 Å². The van der Waals surface area contributed by atoms with Crippen molar-refractivity contribution in [2.24, 2.45) is 10.9 Å². The second-order valence-corrected chi connectivity index (χ2v) is 5.37. The number of guanidine groups is 1. The predicted octanol–water partition coefficient (Wildman–Crippen LogP) is 2.76. The molecule has 1 aliphatic rings. The monoisotopic (exact) mass is 339 g/mol. The average molecular weight is 339 g/mol. The van der Waals surface area contributed by atoms with Gasteiger partial charge in [0.2, 0.25) is 0 Å². The van der Waals surface area contributed by atoms with Crippen LogP contribution in [0.1, 0.15) is 47.0 Å². The lowest BCUT2D eigenvalue weighted by atomic mass is 10.1. The van der Waals surface area contributed by atoms with Gasteiger partial charge in [-0.1, -0.05) is 12.8 Å². The van der Waals surface area contributed by atoms with E-state index < -0.39 is 0 Å². The minimum absolute atomic E-state index is 0. The molecule has 1 aliphatic carbocycles. The van der Waals surface area contributed by atoms with Crippen LogP contribution in [0.4, 0.5) is 0 Å². The minimum atomic E-state index is 0. The summed E-state index contributed by atoms with van der Waals surface area (Å²) in [5.41, 5.74) is 0.0839. The first kappa shape index (κ1) is 16.0. The smallest absolute Gasteiger partial charge is 0.191 e. The molecule has 1 fully saturated rings. The SMILES string of the molecule is CCNC(=NCCC1CC1)NC(C)(C)C.I. The van der Waals surface area contributed by atoms with Crippen molar-refractivity contribution in [2.75, 3.05) is 13.1 Å². The highest BCUT2D eigenvalue weighted by Gasteiger charge is 2.20. The van der Waals surface area contributed by atoms with Crippen LogP contribution in [0, 0.1) is 5.92 Å². The van der Waals surface area contributed by atoms with Crippen LogP contribution in [0.15, 0.2) is 4.99 Å². The van der Waals surface area contributed by atoms with Gasteiger partial charge in [-0.25, -0.2) is 0 Å². The zero-order valence-electron chi connectivity index (χ0n) is 11.0. The zero-order valence-corrected chi connectivity index (χ0v) is 13.3. The molecule has 0 heterocycles. The van der Waals surface area contributed by atoms with Crippen LogP contribution in [0.3, 0.4) is 0 Å². The summed E-state index contributed by atoms with van der Waals surface area (Å²) in [5, 5.41) is 6.66. The maximum atomic E-state index is 4.57. The van der Waals surface area contributed by atoms with Gasteiger partial charge in [0.1, 0.15) is 0 Å². The summed E-state index contributed by atoms with van der Waals surface area (Å²) in [7, 11) is 0. The van der Waals surface area contributed by atoms with E-state index in [0.29, 0.717) is 0 Å². The maximum absolute atomic E-state index is 4.57. The number of halogens is 1. The molecule has 0 amide bonds. The third-order valence-corrected chi connectivity index (χ3v) is 2.34. The molecule has 1 rings (SSSR count). The second-order valence-electron chi connectivity index (χ2n) is 5.37. The molecule has 1 saturated carbocycles. The van der Waals surface area contributed by atoms with Gasteiger partial charge in [0.25, 0.3) is 0 Å². The van der Waals surface area contributed by atoms with Crippen molar-refractivity contribution in [3.05, 3.63) is 0 Å². The molecule has 0 saturated heterocycles. The van der Waals surface area contributed by atoms with Crippen molar-refractivity contribution in [1.29, 1.82) is 0 Å². The number of hydrogen-bond donors (Lipinski definition) is 2. The fraction of sp³-hybridized carbons (Fsp3) is 0.917. The van der Waals surface area contributed by atoms with E-state index in [4.69, 9.17) is 0 Å². The van der Waals surface area contributed by atoms with Gasteiger partial charge in [-0.15, -0.1) is 24.0 Å². The quantitative estimate of drug-likeness (QED) is 0.469. The van der Waals surface area contributed by atoms with Gasteiger partial charge in [0.05, 0.1) is 0 Å². The summed E-state index contributed by atoms with van der Waals surface area (Å²) >= 11 is 0. The summed E-state index contributed by atoms with van der Waals surface area (Å²) in [6.07, 6.45) is 4.08. The van der Waals surface area contributed by atoms with E-state index in [9.17, 15) is 0 Å². The van der Waals surface area contributed by atoms with E-state index in [1.807, 2.05) is 0 Å². The molecule has 0 aromatic rings. The average Bonchev–Trinajstić information content (AvgIpc) is 2.85. The number of hydrogen-bond acceptors (Lipinski definition) is 1. The Kier molecular flexibility index (Phi) is 7.35. The van der Waals surface area contributed by atoms with Crippen molar-refractivity contribution < 1.29 is 0 Å². The molecule has 0 aliphatic heterocycles. The van der Waals surface area contributed by atoms with Crippen molar-refractivity contribution in [2.45, 2.75) is 52.5 Å². The van der Waals surface area contributed by atoms with Crippen LogP contribution in [0.25, 0.3) is 0 Å². The summed E-state index contributed by atoms with van der Waals surface area (Å²) in [5.74, 6) is 1.91. The van der Waals surface area contributed by atoms with Gasteiger partial charge >= 0.3 is 0 Å². The topological polar surface area (TPSA) is 36.4 Å². The Hall–Kier alpha value is 0. The lowest BCUT2D eigenvalue weighted by Crippen LogP contribution is -2.47. The lowest BCUT2D eigenvalue weighted by Gasteiger charge is -2.23. The highest BCUT2D eigenvalue weighted by Crippen LogP contribution is 2.32. The Morgan fingerprint density at radius 3 is 2.38 bits per heavy atom. The van der Waals surface area contributed by atoms with Gasteiger partial charge < -0.3 is 10.6 Å². The van der Waals surface area contributed by atoms with E-state index in [0.717, 1.165) is 25.0 Å². The Balaban J connectivity index is 0.00000225. The second kappa shape index (κ2) is 7.35. The van der Waals surface area contributed by atoms with Crippen LogP contribution in [-0.2, 0) is 0 Å². The molecule has 96 valence electrons. The normalized spacial score (nSPS) is 16.6. The lowest BCUT2D eigenvalue weighted by molar-refractivity contribution is 0.501. The molecule has 2 N–H and O–H groups in total. The van der Waals surface area contributed by atoms with Crippen molar-refractivity contribution in [1.82, 2.24) is 10.6 Å². The largest absolute Gasteiger partial charge is 0.357 e. The number of aliphatic imine (C=N–C) groups is 1. The fourth-order valence-electron chi connectivity index (χ4n) is 1.43. The molecule has 0 aromatic heterocycles. The Bertz CT molecular complexity index is 217. The molecule has 16 heavy (non-hydrogen) atoms. The van der Waals surface area contributed by atoms with Gasteiger partial charge in [-0.2, -0.15) is 0 Å². The molecule has 0 spiro atoms. The van der Waals surface area contributed by atoms with Crippen molar-refractivity contribution in [3.8, 4) is 0 Å². The highest BCUT2D eigenvalue weighted by molar-refractivity contribution is 14.0. The minimum Gasteiger partial charge on any atom is -0.357 e. The molecule has 0 radical (unpaired) electrons. The molecule has 0 aromatic carbocycles. The Morgan fingerprint density at radius 2 is 1.94 bits per heavy atom. The molecular formula is C12H26IN3. The van der Waals surface area contributed by atoms with E-state index in [1.54, 1.807) is 0 Å². The van der Waals surface area contributed by atoms with Crippen molar-refractivity contribution >= 4 is 29.9 Å². The molecule has 0 unspecified atom stereocenters. The van der Waals surface area contributed by atoms with Gasteiger partial charge in [-0.3, -0.25) is 4.99 Å². The third kappa shape index (κ3) is 8.19. The van der Waals surface area contributed by atoms with Gasteiger partial charge in [0, 0.05) is 18.6 Å². The standard InChI is InChI=1S/C12H25N3.HI/c1-5-13-11(15-12(2,3)4)14-9-8-10-6-7-10;/h10H,5-9H2,1-4H3,(H2,13,14,15);1H. The highest BCUT2D eigenvalue weighted by atomic mass is 127. The Morgan fingerprint density at radius 1 is 1.31 bits per heavy atom. The first-order chi connectivity index (χ1) is 7.01. The van der Waals surface area contributed by atoms with Gasteiger partial charge in [0.15, 0.2) is 5.96 Å². The first-order valence-corrected chi connectivity index (χ1v) is 6.08. The summed E-state index contributed by atoms with van der Waals surface area (Å²) in [4.78, 5) is 4.57. The van der Waals surface area contributed by atoms with Crippen LogP contribution in [0.5, 0.6) is 0 Å². The number of nitrogens with one attached hydrogen (secondary N) is 2. The zero-order chi connectivity index (χ0) is 11.3. The van der Waals surface area contributed by atoms with E-state index in [2.05, 4.69) is 43.3 Å². The summed E-state index contributed by atoms with van der Waals surface area (Å²) < 4.78 is 0. The van der Waals surface area contributed by atoms with Gasteiger partial charge in [-0.05, 0) is 40.0 Å². The van der Waals surface area contributed by atoms with E-state index in [-0.39, 0.29) is 29.5 Å².